The van der Waals surface area contributed by atoms with Crippen molar-refractivity contribution in [2.24, 2.45) is 0 Å². The highest BCUT2D eigenvalue weighted by Gasteiger charge is 2.24. The Kier molecular flexibility index (Phi) is 5.54. The number of nitrogens with zero attached hydrogens (tertiary/aromatic N) is 2. The van der Waals surface area contributed by atoms with E-state index in [4.69, 9.17) is 13.8 Å². The van der Waals surface area contributed by atoms with Crippen molar-refractivity contribution in [2.75, 3.05) is 4.90 Å². The minimum atomic E-state index is 0.609. The molecule has 4 nitrogen and oxygen atoms in total. The lowest BCUT2D eigenvalue weighted by molar-refractivity contribution is 0.623. The predicted octanol–water partition coefficient (Wildman–Crippen LogP) is 12.3. The maximum Gasteiger partial charge on any atom is 0.227 e. The van der Waals surface area contributed by atoms with Crippen LogP contribution in [-0.4, -0.2) is 4.98 Å². The molecule has 0 amide bonds. The topological polar surface area (TPSA) is 42.4 Å². The molecule has 10 rings (SSSR count). The van der Waals surface area contributed by atoms with Crippen molar-refractivity contribution < 1.29 is 8.83 Å². The molecule has 0 N–H and O–H groups in total. The lowest BCUT2D eigenvalue weighted by Crippen LogP contribution is -2.09. The van der Waals surface area contributed by atoms with Crippen molar-refractivity contribution in [1.29, 1.82) is 0 Å². The normalized spacial score (nSPS) is 11.8. The van der Waals surface area contributed by atoms with Crippen LogP contribution in [-0.2, 0) is 0 Å². The van der Waals surface area contributed by atoms with Crippen LogP contribution < -0.4 is 4.90 Å². The Bertz CT molecular complexity index is 2720. The van der Waals surface area contributed by atoms with Crippen molar-refractivity contribution in [3.63, 3.8) is 0 Å². The fraction of sp³-hybridized carbons (Fsp3) is 0. The summed E-state index contributed by atoms with van der Waals surface area (Å²) < 4.78 is 13.2. The van der Waals surface area contributed by atoms with E-state index in [1.54, 1.807) is 0 Å². The van der Waals surface area contributed by atoms with E-state index in [2.05, 4.69) is 114 Å². The molecule has 0 radical (unpaired) electrons. The largest absolute Gasteiger partial charge is 0.456 e. The number of fused-ring (bicyclic) bond motifs is 4. The van der Waals surface area contributed by atoms with Gasteiger partial charge < -0.3 is 13.7 Å². The number of aromatic nitrogens is 1. The van der Waals surface area contributed by atoms with Crippen LogP contribution in [0.1, 0.15) is 0 Å². The standard InChI is InChI=1S/C43H26N2O2/c1-3-11-29(12-4-1)43-44-41-35-16-9-17-37-39(35)40-36(42(41)47-43)25-34(26-38(40)46-37)45(32-14-5-2-6-15-32)33-22-20-28(21-23-33)31-19-18-27-10-7-8-13-30(27)24-31/h1-26H. The second-order valence-corrected chi connectivity index (χ2v) is 12.0. The van der Waals surface area contributed by atoms with Crippen LogP contribution in [0.5, 0.6) is 0 Å². The van der Waals surface area contributed by atoms with Gasteiger partial charge in [-0.1, -0.05) is 97.1 Å². The zero-order chi connectivity index (χ0) is 30.9. The van der Waals surface area contributed by atoms with Crippen molar-refractivity contribution in [3.8, 4) is 22.6 Å². The average molecular weight is 603 g/mol. The van der Waals surface area contributed by atoms with Gasteiger partial charge in [0, 0.05) is 44.5 Å². The highest BCUT2D eigenvalue weighted by Crippen LogP contribution is 2.47. The molecule has 0 saturated heterocycles. The molecule has 0 unspecified atom stereocenters. The summed E-state index contributed by atoms with van der Waals surface area (Å²) in [5, 5.41) is 6.63. The van der Waals surface area contributed by atoms with Crippen LogP contribution in [0.2, 0.25) is 0 Å². The zero-order valence-electron chi connectivity index (χ0n) is 25.2. The average Bonchev–Trinajstić information content (AvgIpc) is 3.76. The molecular weight excluding hydrogens is 576 g/mol. The Hall–Kier alpha value is -6.39. The summed E-state index contributed by atoms with van der Waals surface area (Å²) in [6, 6.07) is 55.0. The zero-order valence-corrected chi connectivity index (χ0v) is 25.2. The monoisotopic (exact) mass is 602 g/mol. The van der Waals surface area contributed by atoms with Crippen LogP contribution in [0.3, 0.4) is 0 Å². The smallest absolute Gasteiger partial charge is 0.227 e. The number of furan rings is 1. The minimum Gasteiger partial charge on any atom is -0.456 e. The molecule has 0 bridgehead atoms. The van der Waals surface area contributed by atoms with Gasteiger partial charge in [-0.25, -0.2) is 4.98 Å². The van der Waals surface area contributed by atoms with Gasteiger partial charge >= 0.3 is 0 Å². The van der Waals surface area contributed by atoms with Crippen molar-refractivity contribution >= 4 is 71.6 Å². The lowest BCUT2D eigenvalue weighted by Gasteiger charge is -2.26. The van der Waals surface area contributed by atoms with Gasteiger partial charge in [0.05, 0.1) is 5.69 Å². The maximum absolute atomic E-state index is 6.61. The summed E-state index contributed by atoms with van der Waals surface area (Å²) >= 11 is 0. The van der Waals surface area contributed by atoms with Crippen LogP contribution >= 0.6 is 0 Å². The quantitative estimate of drug-likeness (QED) is 0.184. The third kappa shape index (κ3) is 4.05. The molecule has 0 saturated carbocycles. The molecule has 47 heavy (non-hydrogen) atoms. The number of hydrogen-bond donors (Lipinski definition) is 0. The van der Waals surface area contributed by atoms with Gasteiger partial charge in [-0.05, 0) is 76.5 Å². The van der Waals surface area contributed by atoms with Gasteiger partial charge in [-0.2, -0.15) is 0 Å². The molecular formula is C43H26N2O2. The number of rotatable bonds is 5. The SMILES string of the molecule is c1ccc(-c2nc3c4cccc5oc6cc(N(c7ccccc7)c7ccc(-c8ccc9ccccc9c8)cc7)cc(c3o2)c6c54)cc1. The number of anilines is 3. The summed E-state index contributed by atoms with van der Waals surface area (Å²) in [6.45, 7) is 0. The first-order chi connectivity index (χ1) is 23.3. The van der Waals surface area contributed by atoms with Gasteiger partial charge in [0.15, 0.2) is 5.58 Å². The Labute approximate surface area is 270 Å². The highest BCUT2D eigenvalue weighted by molar-refractivity contribution is 6.32. The number of hydrogen-bond acceptors (Lipinski definition) is 4. The molecule has 0 fully saturated rings. The van der Waals surface area contributed by atoms with E-state index in [-0.39, 0.29) is 0 Å². The summed E-state index contributed by atoms with van der Waals surface area (Å²) in [4.78, 5) is 7.31. The third-order valence-corrected chi connectivity index (χ3v) is 9.21. The van der Waals surface area contributed by atoms with Crippen molar-refractivity contribution in [2.45, 2.75) is 0 Å². The molecule has 2 heterocycles. The molecule has 4 heteroatoms. The maximum atomic E-state index is 6.61. The molecule has 2 aromatic heterocycles. The number of para-hydroxylation sites is 1. The van der Waals surface area contributed by atoms with E-state index in [0.29, 0.717) is 5.89 Å². The molecule has 0 aliphatic rings. The van der Waals surface area contributed by atoms with Crippen molar-refractivity contribution in [1.82, 2.24) is 4.98 Å². The molecule has 220 valence electrons. The second-order valence-electron chi connectivity index (χ2n) is 12.0. The van der Waals surface area contributed by atoms with Gasteiger partial charge in [0.1, 0.15) is 16.7 Å². The van der Waals surface area contributed by atoms with Gasteiger partial charge in [0.2, 0.25) is 5.89 Å². The summed E-state index contributed by atoms with van der Waals surface area (Å²) in [5.74, 6) is 0.609. The number of oxazole rings is 1. The van der Waals surface area contributed by atoms with E-state index >= 15 is 0 Å². The van der Waals surface area contributed by atoms with E-state index in [1.807, 2.05) is 48.5 Å². The minimum absolute atomic E-state index is 0.609. The van der Waals surface area contributed by atoms with Crippen LogP contribution in [0, 0.1) is 0 Å². The van der Waals surface area contributed by atoms with Crippen LogP contribution in [0.25, 0.3) is 77.2 Å². The van der Waals surface area contributed by atoms with Gasteiger partial charge in [0.25, 0.3) is 0 Å². The van der Waals surface area contributed by atoms with Crippen LogP contribution in [0.15, 0.2) is 167 Å². The van der Waals surface area contributed by atoms with Gasteiger partial charge in [-0.15, -0.1) is 0 Å². The van der Waals surface area contributed by atoms with Crippen LogP contribution in [0.4, 0.5) is 17.1 Å². The first kappa shape index (κ1) is 25.9. The molecule has 0 spiro atoms. The summed E-state index contributed by atoms with van der Waals surface area (Å²) in [6.07, 6.45) is 0. The Morgan fingerprint density at radius 3 is 1.96 bits per heavy atom. The molecule has 8 aromatic carbocycles. The molecule has 0 atom stereocenters. The third-order valence-electron chi connectivity index (χ3n) is 9.21. The van der Waals surface area contributed by atoms with Gasteiger partial charge in [-0.3, -0.25) is 0 Å². The van der Waals surface area contributed by atoms with E-state index in [9.17, 15) is 0 Å². The predicted molar refractivity (Wildman–Crippen MR) is 193 cm³/mol. The number of benzene rings is 8. The Morgan fingerprint density at radius 1 is 0.426 bits per heavy atom. The first-order valence-corrected chi connectivity index (χ1v) is 15.8. The lowest BCUT2D eigenvalue weighted by atomic mass is 9.99. The first-order valence-electron chi connectivity index (χ1n) is 15.8. The summed E-state index contributed by atoms with van der Waals surface area (Å²) in [5.41, 5.74) is 9.64. The Morgan fingerprint density at radius 2 is 1.13 bits per heavy atom. The molecule has 10 aromatic rings. The fourth-order valence-electron chi connectivity index (χ4n) is 7.02. The second kappa shape index (κ2) is 10.1. The molecule has 0 aliphatic heterocycles. The van der Waals surface area contributed by atoms with E-state index in [1.165, 1.54) is 21.9 Å². The van der Waals surface area contributed by atoms with Crippen molar-refractivity contribution in [3.05, 3.63) is 158 Å². The highest BCUT2D eigenvalue weighted by atomic mass is 16.3. The fourth-order valence-corrected chi connectivity index (χ4v) is 7.02. The summed E-state index contributed by atoms with van der Waals surface area (Å²) in [7, 11) is 0. The van der Waals surface area contributed by atoms with E-state index in [0.717, 1.165) is 66.4 Å². The van der Waals surface area contributed by atoms with E-state index < -0.39 is 0 Å². The Balaban J connectivity index is 1.18. The molecule has 0 aliphatic carbocycles.